The first kappa shape index (κ1) is 13.6. The van der Waals surface area contributed by atoms with Crippen LogP contribution < -0.4 is 10.2 Å². The second-order valence-corrected chi connectivity index (χ2v) is 5.68. The van der Waals surface area contributed by atoms with Gasteiger partial charge in [0, 0.05) is 36.4 Å². The van der Waals surface area contributed by atoms with Crippen molar-refractivity contribution >= 4 is 39.1 Å². The van der Waals surface area contributed by atoms with Crippen LogP contribution in [0.2, 0.25) is 0 Å². The van der Waals surface area contributed by atoms with Gasteiger partial charge in [0.25, 0.3) is 0 Å². The van der Waals surface area contributed by atoms with E-state index in [1.165, 1.54) is 0 Å². The molecule has 5 heteroatoms. The predicted molar refractivity (Wildman–Crippen MR) is 95.4 cm³/mol. The van der Waals surface area contributed by atoms with Gasteiger partial charge in [-0.3, -0.25) is 0 Å². The molecule has 0 spiro atoms. The summed E-state index contributed by atoms with van der Waals surface area (Å²) in [5, 5.41) is 4.48. The van der Waals surface area contributed by atoms with Crippen LogP contribution in [0.25, 0.3) is 21.9 Å². The molecule has 114 valence electrons. The first-order valence-electron chi connectivity index (χ1n) is 7.48. The van der Waals surface area contributed by atoms with Crippen LogP contribution in [0.4, 0.5) is 17.2 Å². The maximum Gasteiger partial charge on any atom is 0.158 e. The summed E-state index contributed by atoms with van der Waals surface area (Å²) in [6.45, 7) is 0. The van der Waals surface area contributed by atoms with E-state index >= 15 is 0 Å². The molecule has 23 heavy (non-hydrogen) atoms. The zero-order valence-corrected chi connectivity index (χ0v) is 13.0. The summed E-state index contributed by atoms with van der Waals surface area (Å²) in [4.78, 5) is 14.3. The summed E-state index contributed by atoms with van der Waals surface area (Å²) in [6.07, 6.45) is 1.60. The first-order valence-corrected chi connectivity index (χ1v) is 7.48. The molecule has 0 saturated carbocycles. The van der Waals surface area contributed by atoms with Gasteiger partial charge in [-0.15, -0.1) is 0 Å². The van der Waals surface area contributed by atoms with Crippen molar-refractivity contribution in [1.29, 1.82) is 0 Å². The van der Waals surface area contributed by atoms with E-state index in [9.17, 15) is 0 Å². The molecule has 0 unspecified atom stereocenters. The van der Waals surface area contributed by atoms with Gasteiger partial charge in [0.2, 0.25) is 0 Å². The third-order valence-corrected chi connectivity index (χ3v) is 3.94. The van der Waals surface area contributed by atoms with Crippen molar-refractivity contribution in [3.8, 4) is 0 Å². The Bertz CT molecular complexity index is 970. The van der Waals surface area contributed by atoms with Crippen molar-refractivity contribution < 1.29 is 0 Å². The van der Waals surface area contributed by atoms with Crippen molar-refractivity contribution in [2.24, 2.45) is 0 Å². The second-order valence-electron chi connectivity index (χ2n) is 5.68. The van der Waals surface area contributed by atoms with E-state index < -0.39 is 0 Å². The molecule has 2 aromatic carbocycles. The maximum atomic E-state index is 4.42. The molecule has 0 radical (unpaired) electrons. The normalized spacial score (nSPS) is 11.0. The van der Waals surface area contributed by atoms with Crippen molar-refractivity contribution in [3.63, 3.8) is 0 Å². The number of aromatic amines is 1. The molecule has 0 amide bonds. The van der Waals surface area contributed by atoms with Gasteiger partial charge in [0.1, 0.15) is 17.4 Å². The largest absolute Gasteiger partial charge is 0.378 e. The fraction of sp³-hybridized carbons (Fsp3) is 0.111. The standard InChI is InChI=1S/C18H17N5/c1-23(2)13-9-7-12(8-10-13)21-18-17-16(19-11-20-18)14-5-3-4-6-15(14)22-17/h3-11,22H,1-2H3,(H,19,20,21). The molecule has 0 aliphatic rings. The number of nitrogens with one attached hydrogen (secondary N) is 2. The van der Waals surface area contributed by atoms with Crippen molar-refractivity contribution in [2.45, 2.75) is 0 Å². The number of rotatable bonds is 3. The molecule has 0 aliphatic carbocycles. The molecule has 4 rings (SSSR count). The average Bonchev–Trinajstić information content (AvgIpc) is 2.95. The highest BCUT2D eigenvalue weighted by atomic mass is 15.1. The minimum Gasteiger partial charge on any atom is -0.378 e. The molecule has 0 aliphatic heterocycles. The van der Waals surface area contributed by atoms with Crippen LogP contribution in [-0.2, 0) is 0 Å². The molecule has 0 bridgehead atoms. The number of fused-ring (bicyclic) bond motifs is 3. The van der Waals surface area contributed by atoms with Gasteiger partial charge in [-0.25, -0.2) is 9.97 Å². The SMILES string of the molecule is CN(C)c1ccc(Nc2ncnc3c2[nH]c2ccccc23)cc1. The smallest absolute Gasteiger partial charge is 0.158 e. The Morgan fingerprint density at radius 2 is 1.74 bits per heavy atom. The zero-order chi connectivity index (χ0) is 15.8. The minimum atomic E-state index is 0.781. The van der Waals surface area contributed by atoms with Crippen LogP contribution in [0.5, 0.6) is 0 Å². The number of hydrogen-bond donors (Lipinski definition) is 2. The first-order chi connectivity index (χ1) is 11.2. The van der Waals surface area contributed by atoms with Gasteiger partial charge >= 0.3 is 0 Å². The minimum absolute atomic E-state index is 0.781. The van der Waals surface area contributed by atoms with E-state index in [1.54, 1.807) is 6.33 Å². The third kappa shape index (κ3) is 2.36. The maximum absolute atomic E-state index is 4.42. The Labute approximate surface area is 134 Å². The molecular weight excluding hydrogens is 286 g/mol. The average molecular weight is 303 g/mol. The summed E-state index contributed by atoms with van der Waals surface area (Å²) in [7, 11) is 4.06. The number of aromatic nitrogens is 3. The number of para-hydroxylation sites is 1. The third-order valence-electron chi connectivity index (χ3n) is 3.94. The van der Waals surface area contributed by atoms with Crippen molar-refractivity contribution in [2.75, 3.05) is 24.3 Å². The Hall–Kier alpha value is -3.08. The molecule has 5 nitrogen and oxygen atoms in total. The summed E-state index contributed by atoms with van der Waals surface area (Å²) in [6, 6.07) is 16.4. The quantitative estimate of drug-likeness (QED) is 0.602. The molecule has 0 fully saturated rings. The number of benzene rings is 2. The van der Waals surface area contributed by atoms with E-state index in [2.05, 4.69) is 43.4 Å². The van der Waals surface area contributed by atoms with Gasteiger partial charge in [-0.05, 0) is 30.3 Å². The number of nitrogens with zero attached hydrogens (tertiary/aromatic N) is 3. The van der Waals surface area contributed by atoms with Gasteiger partial charge in [-0.2, -0.15) is 0 Å². The Morgan fingerprint density at radius 1 is 0.957 bits per heavy atom. The van der Waals surface area contributed by atoms with Gasteiger partial charge in [-0.1, -0.05) is 18.2 Å². The summed E-state index contributed by atoms with van der Waals surface area (Å²) in [5.41, 5.74) is 5.07. The second kappa shape index (κ2) is 5.28. The Balaban J connectivity index is 1.76. The highest BCUT2D eigenvalue weighted by Gasteiger charge is 2.10. The van der Waals surface area contributed by atoms with Crippen molar-refractivity contribution in [3.05, 3.63) is 54.9 Å². The Kier molecular flexibility index (Phi) is 3.12. The molecular formula is C18H17N5. The lowest BCUT2D eigenvalue weighted by molar-refractivity contribution is 1.13. The molecule has 2 heterocycles. The van der Waals surface area contributed by atoms with E-state index in [0.717, 1.165) is 39.1 Å². The van der Waals surface area contributed by atoms with E-state index in [-0.39, 0.29) is 0 Å². The molecule has 0 saturated heterocycles. The topological polar surface area (TPSA) is 56.8 Å². The van der Waals surface area contributed by atoms with Gasteiger partial charge in [0.15, 0.2) is 5.82 Å². The highest BCUT2D eigenvalue weighted by Crippen LogP contribution is 2.29. The monoisotopic (exact) mass is 303 g/mol. The number of hydrogen-bond acceptors (Lipinski definition) is 4. The fourth-order valence-electron chi connectivity index (χ4n) is 2.72. The Morgan fingerprint density at radius 3 is 2.52 bits per heavy atom. The lowest BCUT2D eigenvalue weighted by Crippen LogP contribution is -2.08. The van der Waals surface area contributed by atoms with Crippen LogP contribution >= 0.6 is 0 Å². The highest BCUT2D eigenvalue weighted by molar-refractivity contribution is 6.08. The molecule has 0 atom stereocenters. The number of H-pyrrole nitrogens is 1. The summed E-state index contributed by atoms with van der Waals surface area (Å²) < 4.78 is 0. The lowest BCUT2D eigenvalue weighted by atomic mass is 10.2. The van der Waals surface area contributed by atoms with Crippen LogP contribution in [0, 0.1) is 0 Å². The molecule has 2 aromatic heterocycles. The van der Waals surface area contributed by atoms with E-state index in [4.69, 9.17) is 0 Å². The zero-order valence-electron chi connectivity index (χ0n) is 13.0. The van der Waals surface area contributed by atoms with E-state index in [1.807, 2.05) is 44.4 Å². The number of anilines is 3. The predicted octanol–water partition coefficient (Wildman–Crippen LogP) is 3.92. The summed E-state index contributed by atoms with van der Waals surface area (Å²) >= 11 is 0. The van der Waals surface area contributed by atoms with E-state index in [0.29, 0.717) is 0 Å². The van der Waals surface area contributed by atoms with Gasteiger partial charge < -0.3 is 15.2 Å². The van der Waals surface area contributed by atoms with Crippen LogP contribution in [0.1, 0.15) is 0 Å². The lowest BCUT2D eigenvalue weighted by Gasteiger charge is -2.13. The molecule has 4 aromatic rings. The van der Waals surface area contributed by atoms with Crippen LogP contribution in [0.3, 0.4) is 0 Å². The molecule has 2 N–H and O–H groups in total. The van der Waals surface area contributed by atoms with Crippen LogP contribution in [0.15, 0.2) is 54.9 Å². The van der Waals surface area contributed by atoms with Gasteiger partial charge in [0.05, 0.1) is 0 Å². The van der Waals surface area contributed by atoms with Crippen molar-refractivity contribution in [1.82, 2.24) is 15.0 Å². The van der Waals surface area contributed by atoms with Crippen LogP contribution in [-0.4, -0.2) is 29.0 Å². The fourth-order valence-corrected chi connectivity index (χ4v) is 2.72. The summed E-state index contributed by atoms with van der Waals surface area (Å²) in [5.74, 6) is 0.781.